The van der Waals surface area contributed by atoms with Gasteiger partial charge in [0.1, 0.15) is 4.88 Å². The summed E-state index contributed by atoms with van der Waals surface area (Å²) in [4.78, 5) is 26.2. The van der Waals surface area contributed by atoms with Crippen LogP contribution in [0.2, 0.25) is 0 Å². The van der Waals surface area contributed by atoms with E-state index in [9.17, 15) is 9.59 Å². The number of thiophene rings is 1. The van der Waals surface area contributed by atoms with E-state index in [-0.39, 0.29) is 5.91 Å². The molecule has 1 aliphatic rings. The van der Waals surface area contributed by atoms with Crippen LogP contribution in [0.3, 0.4) is 0 Å². The molecule has 0 aliphatic heterocycles. The molecule has 21 heavy (non-hydrogen) atoms. The summed E-state index contributed by atoms with van der Waals surface area (Å²) < 4.78 is 0. The van der Waals surface area contributed by atoms with Gasteiger partial charge in [0.05, 0.1) is 5.75 Å². The maximum atomic E-state index is 12.3. The van der Waals surface area contributed by atoms with Crippen molar-refractivity contribution in [3.8, 4) is 0 Å². The van der Waals surface area contributed by atoms with Crippen molar-refractivity contribution in [2.24, 2.45) is 0 Å². The molecule has 1 amide bonds. The second-order valence-electron chi connectivity index (χ2n) is 4.82. The van der Waals surface area contributed by atoms with Crippen LogP contribution in [0.15, 0.2) is 28.1 Å². The molecule has 0 saturated carbocycles. The quantitative estimate of drug-likeness (QED) is 0.807. The first-order valence-corrected chi connectivity index (χ1v) is 8.92. The molecule has 1 heterocycles. The number of aromatic carboxylic acids is 1. The van der Waals surface area contributed by atoms with Crippen LogP contribution in [-0.4, -0.2) is 34.2 Å². The van der Waals surface area contributed by atoms with Crippen LogP contribution < -0.4 is 0 Å². The zero-order valence-corrected chi connectivity index (χ0v) is 13.6. The second kappa shape index (κ2) is 7.66. The van der Waals surface area contributed by atoms with Crippen LogP contribution in [0.4, 0.5) is 0 Å². The van der Waals surface area contributed by atoms with Gasteiger partial charge in [0.2, 0.25) is 5.91 Å². The molecule has 0 spiro atoms. The number of carboxylic acid groups (broad SMARTS) is 1. The van der Waals surface area contributed by atoms with Gasteiger partial charge in [0, 0.05) is 22.5 Å². The predicted octanol–water partition coefficient (Wildman–Crippen LogP) is 3.84. The Labute approximate surface area is 132 Å². The lowest BCUT2D eigenvalue weighted by Gasteiger charge is -2.26. The topological polar surface area (TPSA) is 57.6 Å². The van der Waals surface area contributed by atoms with Crippen LogP contribution in [0.1, 0.15) is 42.3 Å². The second-order valence-corrected chi connectivity index (χ2v) is 6.78. The van der Waals surface area contributed by atoms with Crippen molar-refractivity contribution >= 4 is 35.0 Å². The molecule has 1 N–H and O–H groups in total. The number of carbonyl (C=O) groups excluding carboxylic acids is 1. The number of carbonyl (C=O) groups is 2. The molecule has 2 rings (SSSR count). The highest BCUT2D eigenvalue weighted by molar-refractivity contribution is 8.00. The van der Waals surface area contributed by atoms with E-state index in [1.807, 2.05) is 11.8 Å². The summed E-state index contributed by atoms with van der Waals surface area (Å²) in [6, 6.07) is 1.63. The van der Waals surface area contributed by atoms with Gasteiger partial charge in [0.15, 0.2) is 0 Å². The lowest BCUT2D eigenvalue weighted by atomic mass is 10.0. The third-order valence-corrected chi connectivity index (χ3v) is 5.41. The monoisotopic (exact) mass is 325 g/mol. The molecule has 1 aromatic heterocycles. The average Bonchev–Trinajstić information content (AvgIpc) is 2.96. The Hall–Kier alpha value is -1.27. The van der Waals surface area contributed by atoms with Gasteiger partial charge in [-0.15, -0.1) is 23.1 Å². The Morgan fingerprint density at radius 3 is 2.81 bits per heavy atom. The van der Waals surface area contributed by atoms with Gasteiger partial charge in [-0.3, -0.25) is 4.79 Å². The van der Waals surface area contributed by atoms with Gasteiger partial charge in [0.25, 0.3) is 0 Å². The minimum Gasteiger partial charge on any atom is -0.477 e. The van der Waals surface area contributed by atoms with E-state index in [2.05, 4.69) is 6.08 Å². The van der Waals surface area contributed by atoms with Crippen LogP contribution in [0.25, 0.3) is 0 Å². The largest absolute Gasteiger partial charge is 0.477 e. The van der Waals surface area contributed by atoms with Gasteiger partial charge in [-0.25, -0.2) is 4.79 Å². The number of thioether (sulfide) groups is 1. The van der Waals surface area contributed by atoms with Crippen molar-refractivity contribution in [1.82, 2.24) is 4.90 Å². The molecular formula is C15H19NO3S2. The van der Waals surface area contributed by atoms with E-state index in [1.54, 1.807) is 11.4 Å². The summed E-state index contributed by atoms with van der Waals surface area (Å²) in [7, 11) is 0. The Balaban J connectivity index is 1.92. The number of nitrogens with zero attached hydrogens (tertiary/aromatic N) is 1. The smallest absolute Gasteiger partial charge is 0.345 e. The fourth-order valence-electron chi connectivity index (χ4n) is 2.34. The molecule has 0 saturated heterocycles. The van der Waals surface area contributed by atoms with E-state index >= 15 is 0 Å². The lowest BCUT2D eigenvalue weighted by Crippen LogP contribution is -2.32. The highest BCUT2D eigenvalue weighted by Gasteiger charge is 2.18. The van der Waals surface area contributed by atoms with E-state index in [0.29, 0.717) is 17.2 Å². The number of rotatable bonds is 6. The van der Waals surface area contributed by atoms with E-state index in [0.717, 1.165) is 29.9 Å². The van der Waals surface area contributed by atoms with Crippen molar-refractivity contribution in [1.29, 1.82) is 0 Å². The van der Waals surface area contributed by atoms with Crippen molar-refractivity contribution in [2.75, 3.05) is 12.3 Å². The Morgan fingerprint density at radius 2 is 2.24 bits per heavy atom. The van der Waals surface area contributed by atoms with Gasteiger partial charge in [-0.1, -0.05) is 6.08 Å². The molecule has 0 atom stereocenters. The molecule has 4 nitrogen and oxygen atoms in total. The van der Waals surface area contributed by atoms with Gasteiger partial charge in [-0.05, 0) is 38.7 Å². The first kappa shape index (κ1) is 16.1. The molecule has 114 valence electrons. The van der Waals surface area contributed by atoms with Crippen molar-refractivity contribution < 1.29 is 14.7 Å². The van der Waals surface area contributed by atoms with Gasteiger partial charge >= 0.3 is 5.97 Å². The molecule has 1 aliphatic carbocycles. The van der Waals surface area contributed by atoms with Crippen LogP contribution in [0, 0.1) is 0 Å². The highest BCUT2D eigenvalue weighted by atomic mass is 32.2. The molecule has 0 unspecified atom stereocenters. The average molecular weight is 325 g/mol. The minimum atomic E-state index is -0.916. The SMILES string of the molecule is CCN(C(=O)CSc1csc(C(=O)O)c1)C1=CCCCC1. The fraction of sp³-hybridized carbons (Fsp3) is 0.467. The molecular weight excluding hydrogens is 306 g/mol. The number of hydrogen-bond acceptors (Lipinski definition) is 4. The van der Waals surface area contributed by atoms with Crippen molar-refractivity contribution in [3.05, 3.63) is 28.1 Å². The lowest BCUT2D eigenvalue weighted by molar-refractivity contribution is -0.126. The predicted molar refractivity (Wildman–Crippen MR) is 85.9 cm³/mol. The minimum absolute atomic E-state index is 0.0960. The number of amides is 1. The summed E-state index contributed by atoms with van der Waals surface area (Å²) in [6.07, 6.45) is 6.55. The summed E-state index contributed by atoms with van der Waals surface area (Å²) in [5, 5.41) is 10.7. The number of hydrogen-bond donors (Lipinski definition) is 1. The van der Waals surface area contributed by atoms with E-state index < -0.39 is 5.97 Å². The third-order valence-electron chi connectivity index (χ3n) is 3.38. The molecule has 1 aromatic rings. The zero-order chi connectivity index (χ0) is 15.2. The summed E-state index contributed by atoms with van der Waals surface area (Å²) in [6.45, 7) is 2.68. The first-order chi connectivity index (χ1) is 10.1. The van der Waals surface area contributed by atoms with Gasteiger partial charge in [-0.2, -0.15) is 0 Å². The maximum Gasteiger partial charge on any atom is 0.345 e. The zero-order valence-electron chi connectivity index (χ0n) is 12.0. The summed E-state index contributed by atoms with van der Waals surface area (Å²) in [5.74, 6) is -0.472. The molecule has 0 fully saturated rings. The van der Waals surface area contributed by atoms with Crippen LogP contribution in [0.5, 0.6) is 0 Å². The Kier molecular flexibility index (Phi) is 5.87. The standard InChI is InChI=1S/C15H19NO3S2/c1-2-16(11-6-4-3-5-7-11)14(17)10-20-12-8-13(15(18)19)21-9-12/h6,8-9H,2-5,7,10H2,1H3,(H,18,19). The normalized spacial score (nSPS) is 14.6. The maximum absolute atomic E-state index is 12.3. The Bertz CT molecular complexity index is 551. The summed E-state index contributed by atoms with van der Waals surface area (Å²) >= 11 is 2.60. The van der Waals surface area contributed by atoms with Crippen molar-refractivity contribution in [2.45, 2.75) is 37.5 Å². The third kappa shape index (κ3) is 4.35. The molecule has 0 radical (unpaired) electrons. The molecule has 0 bridgehead atoms. The van der Waals surface area contributed by atoms with Crippen LogP contribution in [-0.2, 0) is 4.79 Å². The fourth-order valence-corrected chi connectivity index (χ4v) is 4.08. The highest BCUT2D eigenvalue weighted by Crippen LogP contribution is 2.26. The number of allylic oxidation sites excluding steroid dienone is 2. The van der Waals surface area contributed by atoms with Crippen LogP contribution >= 0.6 is 23.1 Å². The Morgan fingerprint density at radius 1 is 1.43 bits per heavy atom. The molecule has 6 heteroatoms. The van der Waals surface area contributed by atoms with E-state index in [1.165, 1.54) is 29.5 Å². The molecule has 0 aromatic carbocycles. The van der Waals surface area contributed by atoms with Crippen molar-refractivity contribution in [3.63, 3.8) is 0 Å². The van der Waals surface area contributed by atoms with Gasteiger partial charge < -0.3 is 10.0 Å². The summed E-state index contributed by atoms with van der Waals surface area (Å²) in [5.41, 5.74) is 1.14. The number of carboxylic acids is 1. The van der Waals surface area contributed by atoms with E-state index in [4.69, 9.17) is 5.11 Å². The first-order valence-electron chi connectivity index (χ1n) is 7.06.